The SMILES string of the molecule is Cc1nc(NC(=O)c2ccccc2NC(=O)CCOCCC(=O)O)sc1[N+](=O)[O-]. The van der Waals surface area contributed by atoms with Gasteiger partial charge < -0.3 is 15.2 Å². The van der Waals surface area contributed by atoms with E-state index in [2.05, 4.69) is 15.6 Å². The molecule has 0 bridgehead atoms. The molecule has 2 amide bonds. The van der Waals surface area contributed by atoms with E-state index in [4.69, 9.17) is 9.84 Å². The van der Waals surface area contributed by atoms with Gasteiger partial charge >= 0.3 is 11.0 Å². The van der Waals surface area contributed by atoms with E-state index < -0.39 is 22.7 Å². The zero-order valence-electron chi connectivity index (χ0n) is 15.3. The standard InChI is InChI=1S/C17H18N4O7S/c1-10-16(21(26)27)29-17(18-10)20-15(25)11-4-2-3-5-12(11)19-13(22)6-8-28-9-7-14(23)24/h2-5H,6-9H2,1H3,(H,19,22)(H,23,24)(H,18,20,25). The molecule has 1 aromatic carbocycles. The van der Waals surface area contributed by atoms with Crippen LogP contribution in [0.1, 0.15) is 28.9 Å². The Bertz CT molecular complexity index is 928. The van der Waals surface area contributed by atoms with Crippen molar-refractivity contribution in [3.05, 3.63) is 45.6 Å². The van der Waals surface area contributed by atoms with Gasteiger partial charge in [-0.1, -0.05) is 12.1 Å². The highest BCUT2D eigenvalue weighted by Crippen LogP contribution is 2.30. The number of aryl methyl sites for hydroxylation is 1. The van der Waals surface area contributed by atoms with Crippen molar-refractivity contribution in [2.75, 3.05) is 23.8 Å². The van der Waals surface area contributed by atoms with E-state index >= 15 is 0 Å². The van der Waals surface area contributed by atoms with Gasteiger partial charge in [0.15, 0.2) is 5.13 Å². The number of ether oxygens (including phenoxy) is 1. The van der Waals surface area contributed by atoms with Crippen molar-refractivity contribution >= 4 is 44.9 Å². The quantitative estimate of drug-likeness (QED) is 0.299. The van der Waals surface area contributed by atoms with Crippen molar-refractivity contribution in [3.63, 3.8) is 0 Å². The van der Waals surface area contributed by atoms with E-state index in [1.165, 1.54) is 19.1 Å². The fourth-order valence-corrected chi connectivity index (χ4v) is 2.98. The highest BCUT2D eigenvalue weighted by molar-refractivity contribution is 7.19. The van der Waals surface area contributed by atoms with Crippen LogP contribution >= 0.6 is 11.3 Å². The average Bonchev–Trinajstić information content (AvgIpc) is 3.02. The number of carboxylic acid groups (broad SMARTS) is 1. The van der Waals surface area contributed by atoms with Gasteiger partial charge in [-0.25, -0.2) is 4.98 Å². The molecule has 11 nitrogen and oxygen atoms in total. The van der Waals surface area contributed by atoms with Crippen LogP contribution in [0.5, 0.6) is 0 Å². The van der Waals surface area contributed by atoms with E-state index in [1.807, 2.05) is 0 Å². The minimum absolute atomic E-state index is 0.000966. The third-order valence-corrected chi connectivity index (χ3v) is 4.56. The molecule has 2 aromatic rings. The van der Waals surface area contributed by atoms with Crippen LogP contribution in [-0.4, -0.2) is 46.0 Å². The molecule has 0 radical (unpaired) electrons. The zero-order valence-corrected chi connectivity index (χ0v) is 16.2. The van der Waals surface area contributed by atoms with Crippen molar-refractivity contribution < 1.29 is 29.2 Å². The fourth-order valence-electron chi connectivity index (χ4n) is 2.20. The Labute approximate surface area is 168 Å². The molecule has 1 aromatic heterocycles. The monoisotopic (exact) mass is 422 g/mol. The van der Waals surface area contributed by atoms with Gasteiger partial charge in [0, 0.05) is 0 Å². The van der Waals surface area contributed by atoms with Crippen LogP contribution in [0.2, 0.25) is 0 Å². The number of para-hydroxylation sites is 1. The second-order valence-corrected chi connectivity index (χ2v) is 6.70. The highest BCUT2D eigenvalue weighted by Gasteiger charge is 2.20. The predicted octanol–water partition coefficient (Wildman–Crippen LogP) is 2.43. The lowest BCUT2D eigenvalue weighted by molar-refractivity contribution is -0.380. The maximum Gasteiger partial charge on any atom is 0.348 e. The minimum atomic E-state index is -0.991. The summed E-state index contributed by atoms with van der Waals surface area (Å²) in [5, 5.41) is 24.4. The summed E-state index contributed by atoms with van der Waals surface area (Å²) in [6.45, 7) is 1.51. The number of carbonyl (C=O) groups excluding carboxylic acids is 2. The summed E-state index contributed by atoms with van der Waals surface area (Å²) in [4.78, 5) is 49.2. The summed E-state index contributed by atoms with van der Waals surface area (Å²) < 4.78 is 5.06. The van der Waals surface area contributed by atoms with Crippen LogP contribution in [0.25, 0.3) is 0 Å². The van der Waals surface area contributed by atoms with Gasteiger partial charge in [-0.3, -0.25) is 29.8 Å². The number of benzene rings is 1. The second-order valence-electron chi connectivity index (χ2n) is 5.72. The van der Waals surface area contributed by atoms with E-state index in [0.717, 1.165) is 11.3 Å². The number of carbonyl (C=O) groups is 3. The molecule has 0 unspecified atom stereocenters. The van der Waals surface area contributed by atoms with Crippen molar-refractivity contribution in [3.8, 4) is 0 Å². The third kappa shape index (κ3) is 6.62. The van der Waals surface area contributed by atoms with Crippen molar-refractivity contribution in [2.45, 2.75) is 19.8 Å². The number of aromatic nitrogens is 1. The van der Waals surface area contributed by atoms with Gasteiger partial charge in [0.05, 0.1) is 42.2 Å². The number of aliphatic carboxylic acids is 1. The van der Waals surface area contributed by atoms with Crippen molar-refractivity contribution in [1.29, 1.82) is 0 Å². The van der Waals surface area contributed by atoms with Crippen molar-refractivity contribution in [1.82, 2.24) is 4.98 Å². The summed E-state index contributed by atoms with van der Waals surface area (Å²) in [6, 6.07) is 6.26. The van der Waals surface area contributed by atoms with Crippen LogP contribution in [0.3, 0.4) is 0 Å². The Morgan fingerprint density at radius 2 is 1.90 bits per heavy atom. The molecule has 0 spiro atoms. The number of thiazole rings is 1. The largest absolute Gasteiger partial charge is 0.481 e. The van der Waals surface area contributed by atoms with Crippen LogP contribution in [-0.2, 0) is 14.3 Å². The normalized spacial score (nSPS) is 10.4. The Morgan fingerprint density at radius 1 is 1.21 bits per heavy atom. The smallest absolute Gasteiger partial charge is 0.348 e. The first-order valence-corrected chi connectivity index (χ1v) is 9.21. The lowest BCUT2D eigenvalue weighted by atomic mass is 10.1. The molecule has 0 aliphatic rings. The number of nitrogens with zero attached hydrogens (tertiary/aromatic N) is 2. The number of carboxylic acids is 1. The highest BCUT2D eigenvalue weighted by atomic mass is 32.1. The van der Waals surface area contributed by atoms with Crippen LogP contribution in [0, 0.1) is 17.0 Å². The molecule has 0 atom stereocenters. The van der Waals surface area contributed by atoms with Gasteiger partial charge in [-0.15, -0.1) is 0 Å². The lowest BCUT2D eigenvalue weighted by Crippen LogP contribution is -2.19. The molecule has 29 heavy (non-hydrogen) atoms. The third-order valence-electron chi connectivity index (χ3n) is 3.54. The summed E-state index contributed by atoms with van der Waals surface area (Å²) in [7, 11) is 0. The first-order valence-electron chi connectivity index (χ1n) is 8.39. The number of hydrogen-bond acceptors (Lipinski definition) is 8. The predicted molar refractivity (Wildman–Crippen MR) is 104 cm³/mol. The molecule has 12 heteroatoms. The van der Waals surface area contributed by atoms with Crippen molar-refractivity contribution in [2.24, 2.45) is 0 Å². The van der Waals surface area contributed by atoms with Crippen LogP contribution in [0.15, 0.2) is 24.3 Å². The summed E-state index contributed by atoms with van der Waals surface area (Å²) >= 11 is 0.740. The molecular weight excluding hydrogens is 404 g/mol. The molecule has 0 fully saturated rings. The van der Waals surface area contributed by atoms with Crippen LogP contribution in [0.4, 0.5) is 15.8 Å². The van der Waals surface area contributed by atoms with E-state index in [1.54, 1.807) is 12.1 Å². The lowest BCUT2D eigenvalue weighted by Gasteiger charge is -2.10. The maximum atomic E-state index is 12.5. The molecule has 0 saturated carbocycles. The van der Waals surface area contributed by atoms with E-state index in [0.29, 0.717) is 0 Å². The van der Waals surface area contributed by atoms with Gasteiger partial charge in [-0.05, 0) is 30.4 Å². The number of hydrogen-bond donors (Lipinski definition) is 3. The Hall–Kier alpha value is -3.38. The molecule has 0 aliphatic carbocycles. The fraction of sp³-hybridized carbons (Fsp3) is 0.294. The molecule has 0 aliphatic heterocycles. The Kier molecular flexibility index (Phi) is 7.74. The number of nitrogens with one attached hydrogen (secondary N) is 2. The molecule has 154 valence electrons. The van der Waals surface area contributed by atoms with Gasteiger partial charge in [0.2, 0.25) is 5.91 Å². The zero-order chi connectivity index (χ0) is 21.4. The van der Waals surface area contributed by atoms with E-state index in [9.17, 15) is 24.5 Å². The molecular formula is C17H18N4O7S. The number of nitro groups is 1. The maximum absolute atomic E-state index is 12.5. The van der Waals surface area contributed by atoms with Gasteiger partial charge in [-0.2, -0.15) is 0 Å². The summed E-state index contributed by atoms with van der Waals surface area (Å²) in [6.07, 6.45) is -0.174. The topological polar surface area (TPSA) is 161 Å². The molecule has 2 rings (SSSR count). The number of rotatable bonds is 10. The minimum Gasteiger partial charge on any atom is -0.481 e. The molecule has 3 N–H and O–H groups in total. The Morgan fingerprint density at radius 3 is 2.55 bits per heavy atom. The number of amides is 2. The molecule has 0 saturated heterocycles. The second kappa shape index (κ2) is 10.2. The summed E-state index contributed by atoms with van der Waals surface area (Å²) in [5.41, 5.74) is 0.603. The van der Waals surface area contributed by atoms with Gasteiger partial charge in [0.25, 0.3) is 5.91 Å². The first kappa shape index (κ1) is 21.9. The summed E-state index contributed by atoms with van der Waals surface area (Å²) in [5.74, 6) is -1.99. The van der Waals surface area contributed by atoms with Gasteiger partial charge in [0.1, 0.15) is 5.69 Å². The molecule has 1 heterocycles. The number of anilines is 2. The average molecular weight is 422 g/mol. The first-order chi connectivity index (χ1) is 13.8. The van der Waals surface area contributed by atoms with Crippen LogP contribution < -0.4 is 10.6 Å². The van der Waals surface area contributed by atoms with E-state index in [-0.39, 0.29) is 53.1 Å². The Balaban J connectivity index is 1.97.